The van der Waals surface area contributed by atoms with E-state index in [1.54, 1.807) is 36.4 Å². The number of phenolic OH excluding ortho intramolecular Hbond substituents is 5. The number of aryl methyl sites for hydroxylation is 1. The molecule has 3 heterocycles. The second kappa shape index (κ2) is 16.1. The van der Waals surface area contributed by atoms with Crippen molar-refractivity contribution in [3.8, 4) is 51.6 Å². The molecule has 16 nitrogen and oxygen atoms in total. The third-order valence-electron chi connectivity index (χ3n) is 9.07. The lowest BCUT2D eigenvalue weighted by molar-refractivity contribution is -0.276. The number of carbonyl (C=O) groups is 3. The van der Waals surface area contributed by atoms with E-state index in [-0.39, 0.29) is 63.2 Å². The van der Waals surface area contributed by atoms with Gasteiger partial charge >= 0.3 is 11.9 Å². The number of aliphatic hydroxyl groups excluding tert-OH is 1. The molecule has 2 aliphatic heterocycles. The molecule has 0 saturated carbocycles. The van der Waals surface area contributed by atoms with E-state index in [1.165, 1.54) is 31.2 Å². The van der Waals surface area contributed by atoms with Crippen molar-refractivity contribution in [2.24, 2.45) is 0 Å². The van der Waals surface area contributed by atoms with Crippen molar-refractivity contribution in [2.75, 3.05) is 0 Å². The number of benzene rings is 4. The zero-order valence-corrected chi connectivity index (χ0v) is 30.9. The van der Waals surface area contributed by atoms with Crippen molar-refractivity contribution in [2.45, 2.75) is 70.9 Å². The zero-order valence-electron chi connectivity index (χ0n) is 30.9. The monoisotopic (exact) mass is 786 g/mol. The summed E-state index contributed by atoms with van der Waals surface area (Å²) in [6.07, 6.45) is -7.08. The molecule has 16 heteroatoms. The quantitative estimate of drug-likeness (QED) is 0.123. The number of aromatic hydroxyl groups is 5. The van der Waals surface area contributed by atoms with E-state index in [2.05, 4.69) is 0 Å². The first-order chi connectivity index (χ1) is 27.0. The number of esters is 2. The molecule has 4 aromatic carbocycles. The Morgan fingerprint density at radius 3 is 2.04 bits per heavy atom. The molecule has 0 bridgehead atoms. The number of phenols is 5. The summed E-state index contributed by atoms with van der Waals surface area (Å²) in [5.74, 6) is -3.16. The maximum atomic E-state index is 13.5. The SMILES string of the molecule is CC(=O)OC1C(C)OC(Oc2c(-c3ccc(C)cc3)oc3cc(O)cc(O)c3c2=O)C(O)C1OC(C)=O.O=C1CC(c2ccc(O)cc2)Oc2cc(O)cc(O)c21. The molecule has 0 aliphatic carbocycles. The highest BCUT2D eigenvalue weighted by Crippen LogP contribution is 2.42. The lowest BCUT2D eigenvalue weighted by Gasteiger charge is -2.41. The van der Waals surface area contributed by atoms with Gasteiger partial charge in [0.2, 0.25) is 17.5 Å². The molecule has 6 unspecified atom stereocenters. The number of hydrogen-bond acceptors (Lipinski definition) is 16. The fourth-order valence-corrected chi connectivity index (χ4v) is 6.45. The predicted octanol–water partition coefficient (Wildman–Crippen LogP) is 5.04. The molecular formula is C41H38O16. The molecule has 1 saturated heterocycles. The Hall–Kier alpha value is -6.78. The molecule has 6 N–H and O–H groups in total. The minimum Gasteiger partial charge on any atom is -0.508 e. The number of rotatable bonds is 6. The molecule has 7 rings (SSSR count). The average molecular weight is 787 g/mol. The molecule has 0 spiro atoms. The van der Waals surface area contributed by atoms with Crippen molar-refractivity contribution in [1.29, 1.82) is 0 Å². The van der Waals surface area contributed by atoms with Gasteiger partial charge in [0.25, 0.3) is 0 Å². The van der Waals surface area contributed by atoms with Gasteiger partial charge in [0.1, 0.15) is 57.1 Å². The first-order valence-corrected chi connectivity index (χ1v) is 17.5. The number of carbonyl (C=O) groups excluding carboxylic acids is 3. The first kappa shape index (κ1) is 39.9. The van der Waals surface area contributed by atoms with E-state index in [0.717, 1.165) is 37.1 Å². The van der Waals surface area contributed by atoms with E-state index in [9.17, 15) is 49.8 Å². The maximum absolute atomic E-state index is 13.5. The van der Waals surface area contributed by atoms with Gasteiger partial charge in [0.05, 0.1) is 12.5 Å². The van der Waals surface area contributed by atoms with Gasteiger partial charge in [0, 0.05) is 43.7 Å². The molecule has 2 aliphatic rings. The number of fused-ring (bicyclic) bond motifs is 2. The van der Waals surface area contributed by atoms with Crippen LogP contribution >= 0.6 is 0 Å². The van der Waals surface area contributed by atoms with Crippen LogP contribution in [0.25, 0.3) is 22.3 Å². The summed E-state index contributed by atoms with van der Waals surface area (Å²) in [7, 11) is 0. The van der Waals surface area contributed by atoms with Crippen molar-refractivity contribution in [3.05, 3.63) is 99.7 Å². The second-order valence-electron chi connectivity index (χ2n) is 13.4. The standard InChI is InChI=1S/C26H26O11.C15H12O5/c1-11-5-7-15(8-6-11)23-24(20(31)19-17(30)9-16(29)10-18(19)36-23)37-26-21(32)25(35-14(4)28)22(12(2)33-26)34-13(3)27;16-9-3-1-8(2-4-9)13-7-12(19)15-11(18)5-10(17)6-14(15)20-13/h5-10,12,21-22,25-26,29-30,32H,1-4H3;1-6,13,16-18H,7H2. The van der Waals surface area contributed by atoms with Crippen molar-refractivity contribution in [3.63, 3.8) is 0 Å². The van der Waals surface area contributed by atoms with Crippen LogP contribution in [0.15, 0.2) is 82.0 Å². The van der Waals surface area contributed by atoms with Gasteiger partial charge in [-0.3, -0.25) is 19.2 Å². The molecule has 6 atom stereocenters. The van der Waals surface area contributed by atoms with Gasteiger partial charge in [-0.25, -0.2) is 0 Å². The van der Waals surface area contributed by atoms with Crippen LogP contribution in [-0.2, 0) is 23.8 Å². The van der Waals surface area contributed by atoms with E-state index in [0.29, 0.717) is 5.56 Å². The molecule has 1 aromatic heterocycles. The van der Waals surface area contributed by atoms with Gasteiger partial charge in [0.15, 0.2) is 29.9 Å². The van der Waals surface area contributed by atoms with Gasteiger partial charge < -0.3 is 58.7 Å². The Labute approximate surface area is 323 Å². The van der Waals surface area contributed by atoms with Crippen LogP contribution in [0.1, 0.15) is 54.8 Å². The maximum Gasteiger partial charge on any atom is 0.303 e. The second-order valence-corrected chi connectivity index (χ2v) is 13.4. The minimum atomic E-state index is -1.68. The van der Waals surface area contributed by atoms with Gasteiger partial charge in [-0.1, -0.05) is 42.0 Å². The molecular weight excluding hydrogens is 748 g/mol. The molecule has 298 valence electrons. The summed E-state index contributed by atoms with van der Waals surface area (Å²) in [5.41, 5.74) is 1.29. The first-order valence-electron chi connectivity index (χ1n) is 17.5. The largest absolute Gasteiger partial charge is 0.508 e. The van der Waals surface area contributed by atoms with Crippen LogP contribution in [0.2, 0.25) is 0 Å². The number of hydrogen-bond donors (Lipinski definition) is 6. The lowest BCUT2D eigenvalue weighted by Crippen LogP contribution is -2.61. The topological polar surface area (TPSA) is 249 Å². The highest BCUT2D eigenvalue weighted by atomic mass is 16.7. The van der Waals surface area contributed by atoms with Gasteiger partial charge in [-0.2, -0.15) is 0 Å². The third-order valence-corrected chi connectivity index (χ3v) is 9.07. The Bertz CT molecular complexity index is 2380. The fourth-order valence-electron chi connectivity index (χ4n) is 6.45. The summed E-state index contributed by atoms with van der Waals surface area (Å²) in [6.45, 7) is 5.67. The van der Waals surface area contributed by atoms with Crippen LogP contribution in [0.4, 0.5) is 0 Å². The average Bonchev–Trinajstić information content (AvgIpc) is 3.12. The van der Waals surface area contributed by atoms with Crippen molar-refractivity contribution in [1.82, 2.24) is 0 Å². The molecule has 57 heavy (non-hydrogen) atoms. The van der Waals surface area contributed by atoms with Crippen LogP contribution in [0, 0.1) is 6.92 Å². The summed E-state index contributed by atoms with van der Waals surface area (Å²) < 4.78 is 33.6. The Morgan fingerprint density at radius 2 is 1.39 bits per heavy atom. The number of Topliss-reactive ketones (excluding diaryl/α,β-unsaturated/α-hetero) is 1. The third kappa shape index (κ3) is 8.56. The number of ether oxygens (including phenoxy) is 5. The smallest absolute Gasteiger partial charge is 0.303 e. The summed E-state index contributed by atoms with van der Waals surface area (Å²) in [6, 6.07) is 17.8. The van der Waals surface area contributed by atoms with Crippen LogP contribution in [0.5, 0.6) is 40.2 Å². The summed E-state index contributed by atoms with van der Waals surface area (Å²) in [4.78, 5) is 48.9. The fraction of sp³-hybridized carbons (Fsp3) is 0.268. The predicted molar refractivity (Wildman–Crippen MR) is 198 cm³/mol. The Kier molecular flexibility index (Phi) is 11.3. The summed E-state index contributed by atoms with van der Waals surface area (Å²) >= 11 is 0. The molecule has 1 fully saturated rings. The van der Waals surface area contributed by atoms with Crippen molar-refractivity contribution < 1.29 is 73.1 Å². The highest BCUT2D eigenvalue weighted by molar-refractivity contribution is 6.02. The molecule has 5 aromatic rings. The highest BCUT2D eigenvalue weighted by Gasteiger charge is 2.49. The lowest BCUT2D eigenvalue weighted by atomic mass is 9.95. The minimum absolute atomic E-state index is 0.0582. The molecule has 0 amide bonds. The van der Waals surface area contributed by atoms with E-state index >= 15 is 0 Å². The Morgan fingerprint density at radius 1 is 0.772 bits per heavy atom. The van der Waals surface area contributed by atoms with Crippen LogP contribution in [0.3, 0.4) is 0 Å². The Balaban J connectivity index is 0.000000230. The van der Waals surface area contributed by atoms with Crippen LogP contribution in [-0.4, -0.2) is 79.1 Å². The van der Waals surface area contributed by atoms with E-state index in [1.807, 2.05) is 6.92 Å². The normalized spacial score (nSPS) is 21.3. The zero-order chi connectivity index (χ0) is 41.3. The van der Waals surface area contributed by atoms with Gasteiger partial charge in [-0.15, -0.1) is 0 Å². The molecule has 0 radical (unpaired) electrons. The van der Waals surface area contributed by atoms with E-state index in [4.69, 9.17) is 28.1 Å². The van der Waals surface area contributed by atoms with Crippen LogP contribution < -0.4 is 14.9 Å². The number of aliphatic hydroxyl groups is 1. The van der Waals surface area contributed by atoms with Gasteiger partial charge in [-0.05, 0) is 31.5 Å². The van der Waals surface area contributed by atoms with E-state index < -0.39 is 65.7 Å². The van der Waals surface area contributed by atoms with Crippen molar-refractivity contribution >= 4 is 28.7 Å². The number of ketones is 1. The summed E-state index contributed by atoms with van der Waals surface area (Å²) in [5, 5.41) is 59.4.